The maximum atomic E-state index is 11.8. The molecule has 1 unspecified atom stereocenters. The lowest BCUT2D eigenvalue weighted by atomic mass is 9.89. The number of amides is 4. The number of nitrogens with two attached hydrogens (primary N) is 1. The van der Waals surface area contributed by atoms with Crippen molar-refractivity contribution in [2.45, 2.75) is 37.6 Å². The summed E-state index contributed by atoms with van der Waals surface area (Å²) in [4.78, 5) is 35.8. The molecule has 128 valence electrons. The summed E-state index contributed by atoms with van der Waals surface area (Å²) in [7, 11) is 0. The summed E-state index contributed by atoms with van der Waals surface area (Å²) in [6.45, 7) is 1.38. The van der Waals surface area contributed by atoms with Crippen LogP contribution in [0.5, 0.6) is 0 Å². The Morgan fingerprint density at radius 2 is 1.79 bits per heavy atom. The van der Waals surface area contributed by atoms with Crippen LogP contribution in [0.3, 0.4) is 0 Å². The summed E-state index contributed by atoms with van der Waals surface area (Å²) in [6, 6.07) is 7.31. The molecule has 0 radical (unpaired) electrons. The molecule has 0 bridgehead atoms. The second kappa shape index (κ2) is 6.90. The Morgan fingerprint density at radius 3 is 2.38 bits per heavy atom. The Bertz CT molecular complexity index is 636. The predicted molar refractivity (Wildman–Crippen MR) is 89.4 cm³/mol. The average molecular weight is 330 g/mol. The molecule has 2 saturated heterocycles. The molecule has 2 aliphatic heterocycles. The highest BCUT2D eigenvalue weighted by Crippen LogP contribution is 2.29. The number of primary amides is 1. The Hall–Kier alpha value is -2.57. The van der Waals surface area contributed by atoms with Crippen molar-refractivity contribution in [3.8, 4) is 0 Å². The molecule has 1 atom stereocenters. The van der Waals surface area contributed by atoms with Gasteiger partial charge in [-0.2, -0.15) is 0 Å². The van der Waals surface area contributed by atoms with Gasteiger partial charge in [-0.05, 0) is 42.9 Å². The quantitative estimate of drug-likeness (QED) is 0.723. The SMILES string of the molecule is NC(=O)N1CCC(c2ccc(NC3CCC(=O)NC3=O)cc2)CC1. The van der Waals surface area contributed by atoms with Crippen molar-refractivity contribution in [3.05, 3.63) is 29.8 Å². The van der Waals surface area contributed by atoms with Crippen molar-refractivity contribution in [3.63, 3.8) is 0 Å². The zero-order chi connectivity index (χ0) is 17.1. The van der Waals surface area contributed by atoms with Crippen molar-refractivity contribution in [1.29, 1.82) is 0 Å². The minimum atomic E-state index is -0.368. The largest absolute Gasteiger partial charge is 0.374 e. The maximum Gasteiger partial charge on any atom is 0.314 e. The summed E-state index contributed by atoms with van der Waals surface area (Å²) in [6.07, 6.45) is 2.68. The lowest BCUT2D eigenvalue weighted by molar-refractivity contribution is -0.133. The number of rotatable bonds is 3. The van der Waals surface area contributed by atoms with E-state index in [0.717, 1.165) is 18.5 Å². The molecule has 2 fully saturated rings. The Kier molecular flexibility index (Phi) is 4.69. The molecule has 4 N–H and O–H groups in total. The second-order valence-corrected chi connectivity index (χ2v) is 6.37. The zero-order valence-corrected chi connectivity index (χ0v) is 13.5. The molecule has 0 aromatic heterocycles. The number of nitrogens with zero attached hydrogens (tertiary/aromatic N) is 1. The van der Waals surface area contributed by atoms with Crippen molar-refractivity contribution in [2.24, 2.45) is 5.73 Å². The highest BCUT2D eigenvalue weighted by molar-refractivity contribution is 6.01. The Morgan fingerprint density at radius 1 is 1.12 bits per heavy atom. The first-order valence-electron chi connectivity index (χ1n) is 8.27. The minimum Gasteiger partial charge on any atom is -0.374 e. The van der Waals surface area contributed by atoms with Gasteiger partial charge in [0.1, 0.15) is 6.04 Å². The number of piperidine rings is 2. The number of nitrogens with one attached hydrogen (secondary N) is 2. The lowest BCUT2D eigenvalue weighted by Gasteiger charge is -2.31. The molecule has 1 aromatic rings. The number of hydrogen-bond acceptors (Lipinski definition) is 4. The molecular weight excluding hydrogens is 308 g/mol. The molecule has 7 nitrogen and oxygen atoms in total. The molecule has 24 heavy (non-hydrogen) atoms. The molecule has 2 heterocycles. The third-order valence-electron chi connectivity index (χ3n) is 4.77. The maximum absolute atomic E-state index is 11.8. The van der Waals surface area contributed by atoms with Gasteiger partial charge in [0.25, 0.3) is 0 Å². The number of benzene rings is 1. The van der Waals surface area contributed by atoms with Gasteiger partial charge < -0.3 is 16.0 Å². The van der Waals surface area contributed by atoms with Crippen LogP contribution < -0.4 is 16.4 Å². The minimum absolute atomic E-state index is 0.212. The Balaban J connectivity index is 1.57. The fraction of sp³-hybridized carbons (Fsp3) is 0.471. The van der Waals surface area contributed by atoms with Crippen LogP contribution in [0.25, 0.3) is 0 Å². The van der Waals surface area contributed by atoms with Crippen LogP contribution in [0, 0.1) is 0 Å². The number of anilines is 1. The number of carbonyl (C=O) groups excluding carboxylic acids is 3. The molecule has 3 rings (SSSR count). The number of likely N-dealkylation sites (tertiary alicyclic amines) is 1. The second-order valence-electron chi connectivity index (χ2n) is 6.37. The van der Waals surface area contributed by atoms with E-state index in [9.17, 15) is 14.4 Å². The number of hydrogen-bond donors (Lipinski definition) is 3. The van der Waals surface area contributed by atoms with E-state index < -0.39 is 0 Å². The van der Waals surface area contributed by atoms with Crippen LogP contribution >= 0.6 is 0 Å². The van der Waals surface area contributed by atoms with Crippen LogP contribution in [0.4, 0.5) is 10.5 Å². The first-order valence-corrected chi connectivity index (χ1v) is 8.27. The molecule has 0 saturated carbocycles. The molecule has 2 aliphatic rings. The van der Waals surface area contributed by atoms with Gasteiger partial charge in [-0.1, -0.05) is 12.1 Å². The van der Waals surface area contributed by atoms with Gasteiger partial charge in [-0.15, -0.1) is 0 Å². The normalized spacial score (nSPS) is 22.2. The van der Waals surface area contributed by atoms with Gasteiger partial charge in [0.15, 0.2) is 0 Å². The Labute approximate surface area is 140 Å². The average Bonchev–Trinajstić information content (AvgIpc) is 2.58. The predicted octanol–water partition coefficient (Wildman–Crippen LogP) is 1.16. The molecular formula is C17H22N4O3. The smallest absolute Gasteiger partial charge is 0.314 e. The molecule has 0 spiro atoms. The van der Waals surface area contributed by atoms with E-state index in [4.69, 9.17) is 5.73 Å². The summed E-state index contributed by atoms with van der Waals surface area (Å²) in [5, 5.41) is 5.51. The fourth-order valence-corrected chi connectivity index (χ4v) is 3.32. The van der Waals surface area contributed by atoms with E-state index in [1.54, 1.807) is 4.90 Å². The van der Waals surface area contributed by atoms with E-state index in [1.807, 2.05) is 12.1 Å². The van der Waals surface area contributed by atoms with Crippen molar-refractivity contribution < 1.29 is 14.4 Å². The lowest BCUT2D eigenvalue weighted by Crippen LogP contribution is -2.47. The summed E-state index contributed by atoms with van der Waals surface area (Å²) in [5.41, 5.74) is 7.40. The number of imide groups is 1. The van der Waals surface area contributed by atoms with E-state index in [0.29, 0.717) is 31.8 Å². The molecule has 7 heteroatoms. The first kappa shape index (κ1) is 16.3. The van der Waals surface area contributed by atoms with E-state index >= 15 is 0 Å². The van der Waals surface area contributed by atoms with Crippen molar-refractivity contribution in [2.75, 3.05) is 18.4 Å². The van der Waals surface area contributed by atoms with Gasteiger partial charge in [-0.3, -0.25) is 14.9 Å². The van der Waals surface area contributed by atoms with E-state index in [2.05, 4.69) is 22.8 Å². The molecule has 0 aliphatic carbocycles. The van der Waals surface area contributed by atoms with Gasteiger partial charge in [0.2, 0.25) is 11.8 Å². The fourth-order valence-electron chi connectivity index (χ4n) is 3.32. The third kappa shape index (κ3) is 3.67. The topological polar surface area (TPSA) is 105 Å². The highest BCUT2D eigenvalue weighted by atomic mass is 16.2. The van der Waals surface area contributed by atoms with Gasteiger partial charge >= 0.3 is 6.03 Å². The number of carbonyl (C=O) groups is 3. The summed E-state index contributed by atoms with van der Waals surface area (Å²) >= 11 is 0. The van der Waals surface area contributed by atoms with Crippen molar-refractivity contribution >= 4 is 23.5 Å². The first-order chi connectivity index (χ1) is 11.5. The van der Waals surface area contributed by atoms with Crippen LogP contribution in [0.1, 0.15) is 37.2 Å². The summed E-state index contributed by atoms with van der Waals surface area (Å²) < 4.78 is 0. The zero-order valence-electron chi connectivity index (χ0n) is 13.5. The van der Waals surface area contributed by atoms with E-state index in [1.165, 1.54) is 5.56 Å². The standard InChI is InChI=1S/C17H22N4O3/c18-17(24)21-9-7-12(8-10-21)11-1-3-13(4-2-11)19-14-5-6-15(22)20-16(14)23/h1-4,12,14,19H,5-10H2,(H2,18,24)(H,20,22,23). The van der Waals surface area contributed by atoms with Crippen molar-refractivity contribution in [1.82, 2.24) is 10.2 Å². The van der Waals surface area contributed by atoms with Crippen LogP contribution in [0.15, 0.2) is 24.3 Å². The van der Waals surface area contributed by atoms with Crippen LogP contribution in [-0.2, 0) is 9.59 Å². The van der Waals surface area contributed by atoms with Gasteiger partial charge in [0.05, 0.1) is 0 Å². The van der Waals surface area contributed by atoms with Gasteiger partial charge in [-0.25, -0.2) is 4.79 Å². The monoisotopic (exact) mass is 330 g/mol. The van der Waals surface area contributed by atoms with Crippen LogP contribution in [0.2, 0.25) is 0 Å². The summed E-state index contributed by atoms with van der Waals surface area (Å²) in [5.74, 6) is -0.0601. The van der Waals surface area contributed by atoms with Gasteiger partial charge in [0, 0.05) is 25.2 Å². The van der Waals surface area contributed by atoms with Crippen LogP contribution in [-0.4, -0.2) is 41.9 Å². The highest BCUT2D eigenvalue weighted by Gasteiger charge is 2.26. The molecule has 4 amide bonds. The number of urea groups is 1. The molecule has 1 aromatic carbocycles. The van der Waals surface area contributed by atoms with E-state index in [-0.39, 0.29) is 23.9 Å². The third-order valence-corrected chi connectivity index (χ3v) is 4.77.